The fourth-order valence-corrected chi connectivity index (χ4v) is 2.58. The summed E-state index contributed by atoms with van der Waals surface area (Å²) in [5.74, 6) is -0.205. The van der Waals surface area contributed by atoms with E-state index in [-0.39, 0.29) is 11.9 Å². The number of nitrogens with zero attached hydrogens (tertiary/aromatic N) is 1. The molecule has 19 heavy (non-hydrogen) atoms. The quantitative estimate of drug-likeness (QED) is 0.889. The fraction of sp³-hybridized carbons (Fsp3) is 0.600. The van der Waals surface area contributed by atoms with Gasteiger partial charge in [-0.05, 0) is 38.9 Å². The van der Waals surface area contributed by atoms with E-state index in [1.165, 1.54) is 6.07 Å². The molecule has 2 N–H and O–H groups in total. The van der Waals surface area contributed by atoms with Crippen molar-refractivity contribution in [1.29, 1.82) is 0 Å². The second kappa shape index (κ2) is 6.98. The summed E-state index contributed by atoms with van der Waals surface area (Å²) < 4.78 is 19.0. The Bertz CT molecular complexity index is 393. The van der Waals surface area contributed by atoms with Gasteiger partial charge in [-0.2, -0.15) is 0 Å². The van der Waals surface area contributed by atoms with Crippen LogP contribution in [0.5, 0.6) is 0 Å². The first-order valence-electron chi connectivity index (χ1n) is 6.96. The zero-order valence-corrected chi connectivity index (χ0v) is 11.5. The van der Waals surface area contributed by atoms with Crippen LogP contribution in [0.3, 0.4) is 0 Å². The Labute approximate surface area is 114 Å². The Morgan fingerprint density at radius 1 is 1.37 bits per heavy atom. The summed E-state index contributed by atoms with van der Waals surface area (Å²) in [7, 11) is 2.12. The number of rotatable bonds is 5. The highest BCUT2D eigenvalue weighted by Gasteiger charge is 2.19. The maximum absolute atomic E-state index is 13.6. The van der Waals surface area contributed by atoms with Crippen molar-refractivity contribution in [3.63, 3.8) is 0 Å². The molecule has 2 rings (SSSR count). The molecule has 1 aromatic carbocycles. The third-order valence-corrected chi connectivity index (χ3v) is 3.91. The molecule has 1 saturated heterocycles. The molecule has 0 amide bonds. The molecule has 4 heteroatoms. The van der Waals surface area contributed by atoms with Crippen molar-refractivity contribution >= 4 is 0 Å². The summed E-state index contributed by atoms with van der Waals surface area (Å²) >= 11 is 0. The molecule has 1 aliphatic rings. The normalized spacial score (nSPS) is 18.7. The highest BCUT2D eigenvalue weighted by atomic mass is 19.1. The van der Waals surface area contributed by atoms with Gasteiger partial charge in [-0.25, -0.2) is 4.39 Å². The minimum Gasteiger partial charge on any atom is -0.381 e. The Hall–Kier alpha value is -0.970. The predicted octanol–water partition coefficient (Wildman–Crippen LogP) is 2.33. The molecule has 1 heterocycles. The van der Waals surface area contributed by atoms with E-state index < -0.39 is 0 Å². The van der Waals surface area contributed by atoms with Crippen LogP contribution in [0.15, 0.2) is 24.3 Å². The standard InChI is InChI=1S/C15H23FN2O/c1-18(12-7-10-19-11-8-12)9-6-15(17)13-4-2-3-5-14(13)16/h2-5,12,15H,6-11,17H2,1H3. The molecule has 1 atom stereocenters. The molecular formula is C15H23FN2O. The second-order valence-corrected chi connectivity index (χ2v) is 5.24. The van der Waals surface area contributed by atoms with Crippen LogP contribution in [0.2, 0.25) is 0 Å². The third kappa shape index (κ3) is 4.00. The Morgan fingerprint density at radius 3 is 2.74 bits per heavy atom. The molecule has 1 aromatic rings. The van der Waals surface area contributed by atoms with Crippen molar-refractivity contribution in [3.05, 3.63) is 35.6 Å². The minimum absolute atomic E-state index is 0.205. The first kappa shape index (κ1) is 14.4. The van der Waals surface area contributed by atoms with Crippen molar-refractivity contribution < 1.29 is 9.13 Å². The second-order valence-electron chi connectivity index (χ2n) is 5.24. The topological polar surface area (TPSA) is 38.5 Å². The molecule has 0 radical (unpaired) electrons. The molecule has 0 aromatic heterocycles. The van der Waals surface area contributed by atoms with Crippen molar-refractivity contribution in [1.82, 2.24) is 4.90 Å². The number of halogens is 1. The molecule has 0 spiro atoms. The lowest BCUT2D eigenvalue weighted by Crippen LogP contribution is -2.38. The summed E-state index contributed by atoms with van der Waals surface area (Å²) in [6.45, 7) is 2.57. The van der Waals surface area contributed by atoms with Crippen LogP contribution in [-0.4, -0.2) is 37.7 Å². The van der Waals surface area contributed by atoms with E-state index in [0.29, 0.717) is 11.6 Å². The fourth-order valence-electron chi connectivity index (χ4n) is 2.58. The van der Waals surface area contributed by atoms with E-state index in [0.717, 1.165) is 39.0 Å². The average Bonchev–Trinajstić information content (AvgIpc) is 2.46. The SMILES string of the molecule is CN(CCC(N)c1ccccc1F)C1CCOCC1. The Morgan fingerprint density at radius 2 is 2.05 bits per heavy atom. The van der Waals surface area contributed by atoms with E-state index in [2.05, 4.69) is 11.9 Å². The Balaban J connectivity index is 1.82. The van der Waals surface area contributed by atoms with Gasteiger partial charge in [-0.3, -0.25) is 0 Å². The molecule has 1 unspecified atom stereocenters. The van der Waals surface area contributed by atoms with Gasteiger partial charge in [0.1, 0.15) is 5.82 Å². The highest BCUT2D eigenvalue weighted by Crippen LogP contribution is 2.19. The number of benzene rings is 1. The van der Waals surface area contributed by atoms with E-state index in [4.69, 9.17) is 10.5 Å². The minimum atomic E-state index is -0.233. The highest BCUT2D eigenvalue weighted by molar-refractivity contribution is 5.20. The molecular weight excluding hydrogens is 243 g/mol. The summed E-state index contributed by atoms with van der Waals surface area (Å²) in [4.78, 5) is 2.32. The molecule has 0 bridgehead atoms. The largest absolute Gasteiger partial charge is 0.381 e. The summed E-state index contributed by atoms with van der Waals surface area (Å²) in [5.41, 5.74) is 6.70. The lowest BCUT2D eigenvalue weighted by molar-refractivity contribution is 0.0422. The van der Waals surface area contributed by atoms with Crippen LogP contribution < -0.4 is 5.73 Å². The molecule has 1 aliphatic heterocycles. The molecule has 1 fully saturated rings. The van der Waals surface area contributed by atoms with Gasteiger partial charge < -0.3 is 15.4 Å². The van der Waals surface area contributed by atoms with Gasteiger partial charge in [-0.15, -0.1) is 0 Å². The zero-order valence-electron chi connectivity index (χ0n) is 11.5. The summed E-state index contributed by atoms with van der Waals surface area (Å²) in [5, 5.41) is 0. The van der Waals surface area contributed by atoms with E-state index in [1.807, 2.05) is 6.07 Å². The lowest BCUT2D eigenvalue weighted by Gasteiger charge is -2.31. The van der Waals surface area contributed by atoms with Crippen molar-refractivity contribution in [2.45, 2.75) is 31.3 Å². The van der Waals surface area contributed by atoms with Gasteiger partial charge in [0.15, 0.2) is 0 Å². The summed E-state index contributed by atoms with van der Waals surface area (Å²) in [6.07, 6.45) is 2.92. The number of ether oxygens (including phenoxy) is 1. The molecule has 0 saturated carbocycles. The maximum Gasteiger partial charge on any atom is 0.127 e. The van der Waals surface area contributed by atoms with Crippen LogP contribution >= 0.6 is 0 Å². The van der Waals surface area contributed by atoms with Gasteiger partial charge >= 0.3 is 0 Å². The first-order valence-corrected chi connectivity index (χ1v) is 6.96. The smallest absolute Gasteiger partial charge is 0.127 e. The van der Waals surface area contributed by atoms with E-state index >= 15 is 0 Å². The van der Waals surface area contributed by atoms with Gasteiger partial charge in [0, 0.05) is 30.9 Å². The van der Waals surface area contributed by atoms with Crippen LogP contribution in [0, 0.1) is 5.82 Å². The number of hydrogen-bond acceptors (Lipinski definition) is 3. The number of nitrogens with two attached hydrogens (primary N) is 1. The zero-order chi connectivity index (χ0) is 13.7. The molecule has 0 aliphatic carbocycles. The van der Waals surface area contributed by atoms with Crippen molar-refractivity contribution in [2.75, 3.05) is 26.8 Å². The predicted molar refractivity (Wildman–Crippen MR) is 74.4 cm³/mol. The van der Waals surface area contributed by atoms with Crippen molar-refractivity contribution in [3.8, 4) is 0 Å². The van der Waals surface area contributed by atoms with Gasteiger partial charge in [-0.1, -0.05) is 18.2 Å². The first-order chi connectivity index (χ1) is 9.18. The van der Waals surface area contributed by atoms with Gasteiger partial charge in [0.25, 0.3) is 0 Å². The molecule has 3 nitrogen and oxygen atoms in total. The average molecular weight is 266 g/mol. The van der Waals surface area contributed by atoms with Gasteiger partial charge in [0.05, 0.1) is 0 Å². The molecule has 106 valence electrons. The Kier molecular flexibility index (Phi) is 5.31. The van der Waals surface area contributed by atoms with Crippen molar-refractivity contribution in [2.24, 2.45) is 5.73 Å². The van der Waals surface area contributed by atoms with Crippen LogP contribution in [-0.2, 0) is 4.74 Å². The van der Waals surface area contributed by atoms with E-state index in [1.54, 1.807) is 12.1 Å². The maximum atomic E-state index is 13.6. The third-order valence-electron chi connectivity index (χ3n) is 3.91. The van der Waals surface area contributed by atoms with Crippen LogP contribution in [0.1, 0.15) is 30.9 Å². The van der Waals surface area contributed by atoms with Crippen LogP contribution in [0.4, 0.5) is 4.39 Å². The van der Waals surface area contributed by atoms with Gasteiger partial charge in [0.2, 0.25) is 0 Å². The van der Waals surface area contributed by atoms with Crippen LogP contribution in [0.25, 0.3) is 0 Å². The van der Waals surface area contributed by atoms with E-state index in [9.17, 15) is 4.39 Å². The monoisotopic (exact) mass is 266 g/mol. The number of hydrogen-bond donors (Lipinski definition) is 1. The summed E-state index contributed by atoms with van der Waals surface area (Å²) in [6, 6.07) is 7.11. The lowest BCUT2D eigenvalue weighted by atomic mass is 10.0.